The van der Waals surface area contributed by atoms with Gasteiger partial charge < -0.3 is 9.67 Å². The third kappa shape index (κ3) is 2.89. The van der Waals surface area contributed by atoms with E-state index >= 15 is 0 Å². The minimum Gasteiger partial charge on any atom is -0.480 e. The lowest BCUT2D eigenvalue weighted by Gasteiger charge is -2.08. The van der Waals surface area contributed by atoms with Gasteiger partial charge in [-0.25, -0.2) is 4.98 Å². The van der Waals surface area contributed by atoms with Crippen molar-refractivity contribution in [3.05, 3.63) is 26.8 Å². The number of carboxylic acids is 1. The molecular weight excluding hydrogens is 264 g/mol. The Balaban J connectivity index is 3.25. The standard InChI is InChI=1S/C9H11BrN2O3/c1-5(2)6-3-12(4-7(13)14)9(15)8(10)11-6/h3,5H,4H2,1-2H3,(H,13,14). The normalized spacial score (nSPS) is 10.7. The Labute approximate surface area is 94.9 Å². The van der Waals surface area contributed by atoms with Crippen LogP contribution in [0.2, 0.25) is 0 Å². The van der Waals surface area contributed by atoms with Crippen LogP contribution >= 0.6 is 15.9 Å². The molecule has 1 rings (SSSR count). The number of carboxylic acid groups (broad SMARTS) is 1. The van der Waals surface area contributed by atoms with E-state index in [1.165, 1.54) is 6.20 Å². The fourth-order valence-corrected chi connectivity index (χ4v) is 1.50. The highest BCUT2D eigenvalue weighted by Crippen LogP contribution is 2.11. The van der Waals surface area contributed by atoms with Gasteiger partial charge in [-0.05, 0) is 21.8 Å². The predicted molar refractivity (Wildman–Crippen MR) is 57.9 cm³/mol. The molecule has 0 fully saturated rings. The molecule has 0 bridgehead atoms. The van der Waals surface area contributed by atoms with Crippen molar-refractivity contribution in [2.45, 2.75) is 26.3 Å². The second-order valence-corrected chi connectivity index (χ2v) is 4.19. The topological polar surface area (TPSA) is 72.2 Å². The van der Waals surface area contributed by atoms with E-state index in [2.05, 4.69) is 20.9 Å². The second-order valence-electron chi connectivity index (χ2n) is 3.44. The number of hydrogen-bond donors (Lipinski definition) is 1. The first-order valence-corrected chi connectivity index (χ1v) is 5.19. The van der Waals surface area contributed by atoms with Crippen LogP contribution in [0.3, 0.4) is 0 Å². The van der Waals surface area contributed by atoms with E-state index < -0.39 is 11.5 Å². The van der Waals surface area contributed by atoms with Crippen LogP contribution in [0, 0.1) is 0 Å². The summed E-state index contributed by atoms with van der Waals surface area (Å²) >= 11 is 3.02. The van der Waals surface area contributed by atoms with E-state index in [4.69, 9.17) is 5.11 Å². The van der Waals surface area contributed by atoms with Crippen LogP contribution in [-0.2, 0) is 11.3 Å². The number of rotatable bonds is 3. The summed E-state index contributed by atoms with van der Waals surface area (Å²) in [4.78, 5) is 26.0. The van der Waals surface area contributed by atoms with Gasteiger partial charge in [-0.3, -0.25) is 9.59 Å². The molecule has 1 aromatic heterocycles. The zero-order valence-electron chi connectivity index (χ0n) is 8.40. The first-order chi connectivity index (χ1) is 6.91. The Morgan fingerprint density at radius 1 is 1.67 bits per heavy atom. The predicted octanol–water partition coefficient (Wildman–Crippen LogP) is 1.21. The third-order valence-corrected chi connectivity index (χ3v) is 2.37. The summed E-state index contributed by atoms with van der Waals surface area (Å²) < 4.78 is 1.28. The summed E-state index contributed by atoms with van der Waals surface area (Å²) in [5, 5.41) is 8.62. The zero-order chi connectivity index (χ0) is 11.6. The molecule has 0 aliphatic carbocycles. The first kappa shape index (κ1) is 11.9. The molecule has 0 saturated carbocycles. The SMILES string of the molecule is CC(C)c1cn(CC(=O)O)c(=O)c(Br)n1. The van der Waals surface area contributed by atoms with E-state index in [9.17, 15) is 9.59 Å². The van der Waals surface area contributed by atoms with Gasteiger partial charge in [-0.15, -0.1) is 0 Å². The van der Waals surface area contributed by atoms with Gasteiger partial charge in [0.1, 0.15) is 6.54 Å². The molecule has 0 aliphatic rings. The Bertz CT molecular complexity index is 439. The van der Waals surface area contributed by atoms with Crippen LogP contribution in [0.4, 0.5) is 0 Å². The second kappa shape index (κ2) is 4.57. The zero-order valence-corrected chi connectivity index (χ0v) is 9.98. The Hall–Kier alpha value is -1.17. The number of carbonyl (C=O) groups is 1. The first-order valence-electron chi connectivity index (χ1n) is 4.40. The number of aliphatic carboxylic acids is 1. The van der Waals surface area contributed by atoms with Gasteiger partial charge in [0.05, 0.1) is 5.69 Å². The van der Waals surface area contributed by atoms with Crippen LogP contribution in [0.25, 0.3) is 0 Å². The molecule has 6 heteroatoms. The third-order valence-electron chi connectivity index (χ3n) is 1.85. The average Bonchev–Trinajstić information content (AvgIpc) is 2.11. The maximum Gasteiger partial charge on any atom is 0.323 e. The van der Waals surface area contributed by atoms with Gasteiger partial charge in [-0.2, -0.15) is 0 Å². The van der Waals surface area contributed by atoms with Crippen LogP contribution in [0.1, 0.15) is 25.5 Å². The molecule has 0 aromatic carbocycles. The number of halogens is 1. The van der Waals surface area contributed by atoms with Gasteiger partial charge in [0, 0.05) is 6.20 Å². The fraction of sp³-hybridized carbons (Fsp3) is 0.444. The number of hydrogen-bond acceptors (Lipinski definition) is 3. The Kier molecular flexibility index (Phi) is 3.62. The summed E-state index contributed by atoms with van der Waals surface area (Å²) in [6.45, 7) is 3.49. The van der Waals surface area contributed by atoms with Crippen LogP contribution < -0.4 is 5.56 Å². The van der Waals surface area contributed by atoms with Gasteiger partial charge in [-0.1, -0.05) is 13.8 Å². The summed E-state index contributed by atoms with van der Waals surface area (Å²) in [6, 6.07) is 0. The van der Waals surface area contributed by atoms with Crippen molar-refractivity contribution in [2.24, 2.45) is 0 Å². The maximum atomic E-state index is 11.5. The highest BCUT2D eigenvalue weighted by Gasteiger charge is 2.10. The molecule has 0 radical (unpaired) electrons. The van der Waals surface area contributed by atoms with Crippen molar-refractivity contribution >= 4 is 21.9 Å². The Morgan fingerprint density at radius 2 is 2.27 bits per heavy atom. The average molecular weight is 275 g/mol. The largest absolute Gasteiger partial charge is 0.480 e. The van der Waals surface area contributed by atoms with Gasteiger partial charge in [0.2, 0.25) is 0 Å². The molecule has 0 aliphatic heterocycles. The van der Waals surface area contributed by atoms with Crippen molar-refractivity contribution in [2.75, 3.05) is 0 Å². The van der Waals surface area contributed by atoms with Crippen molar-refractivity contribution < 1.29 is 9.90 Å². The number of aromatic nitrogens is 2. The van der Waals surface area contributed by atoms with Gasteiger partial charge in [0.25, 0.3) is 5.56 Å². The maximum absolute atomic E-state index is 11.5. The fourth-order valence-electron chi connectivity index (χ4n) is 1.07. The lowest BCUT2D eigenvalue weighted by atomic mass is 10.1. The quantitative estimate of drug-likeness (QED) is 0.900. The highest BCUT2D eigenvalue weighted by atomic mass is 79.9. The van der Waals surface area contributed by atoms with Gasteiger partial charge in [0.15, 0.2) is 4.60 Å². The molecule has 1 N–H and O–H groups in total. The molecule has 0 saturated heterocycles. The monoisotopic (exact) mass is 274 g/mol. The van der Waals surface area contributed by atoms with E-state index in [0.717, 1.165) is 4.57 Å². The van der Waals surface area contributed by atoms with Gasteiger partial charge >= 0.3 is 5.97 Å². The molecule has 0 atom stereocenters. The van der Waals surface area contributed by atoms with Crippen molar-refractivity contribution in [1.82, 2.24) is 9.55 Å². The molecule has 0 spiro atoms. The summed E-state index contributed by atoms with van der Waals surface area (Å²) in [7, 11) is 0. The Morgan fingerprint density at radius 3 is 2.73 bits per heavy atom. The van der Waals surface area contributed by atoms with Crippen LogP contribution in [-0.4, -0.2) is 20.6 Å². The van der Waals surface area contributed by atoms with Crippen LogP contribution in [0.15, 0.2) is 15.6 Å². The molecular formula is C9H11BrN2O3. The summed E-state index contributed by atoms with van der Waals surface area (Å²) in [5.41, 5.74) is 0.254. The van der Waals surface area contributed by atoms with Crippen LogP contribution in [0.5, 0.6) is 0 Å². The molecule has 1 aromatic rings. The van der Waals surface area contributed by atoms with Crippen molar-refractivity contribution in [3.63, 3.8) is 0 Å². The minimum absolute atomic E-state index is 0.141. The molecule has 0 amide bonds. The highest BCUT2D eigenvalue weighted by molar-refractivity contribution is 9.10. The van der Waals surface area contributed by atoms with E-state index in [0.29, 0.717) is 5.69 Å². The van der Waals surface area contributed by atoms with E-state index in [1.807, 2.05) is 13.8 Å². The molecule has 15 heavy (non-hydrogen) atoms. The molecule has 0 unspecified atom stereocenters. The van der Waals surface area contributed by atoms with Crippen molar-refractivity contribution in [1.29, 1.82) is 0 Å². The van der Waals surface area contributed by atoms with Crippen molar-refractivity contribution in [3.8, 4) is 0 Å². The summed E-state index contributed by atoms with van der Waals surface area (Å²) in [5.74, 6) is -0.910. The smallest absolute Gasteiger partial charge is 0.323 e. The lowest BCUT2D eigenvalue weighted by molar-refractivity contribution is -0.137. The molecule has 1 heterocycles. The van der Waals surface area contributed by atoms with E-state index in [-0.39, 0.29) is 17.1 Å². The number of nitrogens with zero attached hydrogens (tertiary/aromatic N) is 2. The lowest BCUT2D eigenvalue weighted by Crippen LogP contribution is -2.26. The van der Waals surface area contributed by atoms with E-state index in [1.54, 1.807) is 0 Å². The summed E-state index contributed by atoms with van der Waals surface area (Å²) in [6.07, 6.45) is 1.48. The molecule has 82 valence electrons. The minimum atomic E-state index is -1.05. The molecule has 5 nitrogen and oxygen atoms in total.